The van der Waals surface area contributed by atoms with Gasteiger partial charge >= 0.3 is 6.18 Å². The molecule has 2 aromatic heterocycles. The van der Waals surface area contributed by atoms with Crippen LogP contribution in [0, 0.1) is 0 Å². The maximum atomic E-state index is 13.6. The number of nitrogens with zero attached hydrogens (tertiary/aromatic N) is 2. The van der Waals surface area contributed by atoms with E-state index in [0.717, 1.165) is 23.3 Å². The van der Waals surface area contributed by atoms with Crippen LogP contribution in [-0.2, 0) is 11.0 Å². The molecule has 0 bridgehead atoms. The first-order chi connectivity index (χ1) is 18.3. The molecule has 0 saturated heterocycles. The van der Waals surface area contributed by atoms with Crippen molar-refractivity contribution < 1.29 is 18.0 Å². The summed E-state index contributed by atoms with van der Waals surface area (Å²) in [6, 6.07) is 27.1. The SMILES string of the molecule is O=C(C[C@H](c1cccc(C(F)(F)F)c1)c1cnc2ccc(Cl)cn12)NC(c1ccccc1)c1ccccc1. The van der Waals surface area contributed by atoms with Crippen molar-refractivity contribution in [2.45, 2.75) is 24.6 Å². The molecule has 0 unspecified atom stereocenters. The second-order valence-corrected chi connectivity index (χ2v) is 9.40. The van der Waals surface area contributed by atoms with E-state index in [2.05, 4.69) is 10.3 Å². The van der Waals surface area contributed by atoms with Gasteiger partial charge in [-0.25, -0.2) is 4.98 Å². The Morgan fingerprint density at radius 1 is 0.868 bits per heavy atom. The van der Waals surface area contributed by atoms with Crippen molar-refractivity contribution in [3.63, 3.8) is 0 Å². The molecule has 0 aliphatic rings. The van der Waals surface area contributed by atoms with Gasteiger partial charge in [0.2, 0.25) is 5.91 Å². The van der Waals surface area contributed by atoms with E-state index in [0.29, 0.717) is 21.9 Å². The maximum Gasteiger partial charge on any atom is 0.416 e. The normalized spacial score (nSPS) is 12.6. The molecule has 192 valence electrons. The van der Waals surface area contributed by atoms with Crippen LogP contribution in [0.2, 0.25) is 5.02 Å². The average molecular weight is 534 g/mol. The van der Waals surface area contributed by atoms with E-state index in [1.807, 2.05) is 60.7 Å². The molecule has 8 heteroatoms. The van der Waals surface area contributed by atoms with E-state index < -0.39 is 23.7 Å². The molecule has 0 fully saturated rings. The summed E-state index contributed by atoms with van der Waals surface area (Å²) in [4.78, 5) is 18.0. The summed E-state index contributed by atoms with van der Waals surface area (Å²) < 4.78 is 42.4. The van der Waals surface area contributed by atoms with Crippen molar-refractivity contribution in [2.24, 2.45) is 0 Å². The highest BCUT2D eigenvalue weighted by molar-refractivity contribution is 6.30. The molecule has 0 spiro atoms. The number of imidazole rings is 1. The zero-order valence-electron chi connectivity index (χ0n) is 20.1. The fourth-order valence-corrected chi connectivity index (χ4v) is 4.77. The molecule has 1 atom stereocenters. The van der Waals surface area contributed by atoms with E-state index in [1.165, 1.54) is 6.07 Å². The van der Waals surface area contributed by atoms with E-state index in [-0.39, 0.29) is 12.3 Å². The minimum absolute atomic E-state index is 0.0994. The van der Waals surface area contributed by atoms with E-state index >= 15 is 0 Å². The number of carbonyl (C=O) groups is 1. The van der Waals surface area contributed by atoms with Crippen LogP contribution in [0.5, 0.6) is 0 Å². The summed E-state index contributed by atoms with van der Waals surface area (Å²) >= 11 is 6.22. The number of nitrogens with one attached hydrogen (secondary N) is 1. The summed E-state index contributed by atoms with van der Waals surface area (Å²) in [5.74, 6) is -1.03. The topological polar surface area (TPSA) is 46.4 Å². The Bertz CT molecular complexity index is 1510. The molecule has 5 rings (SSSR count). The smallest absolute Gasteiger partial charge is 0.345 e. The second-order valence-electron chi connectivity index (χ2n) is 8.96. The minimum Gasteiger partial charge on any atom is -0.345 e. The summed E-state index contributed by atoms with van der Waals surface area (Å²) in [5.41, 5.74) is 2.50. The molecule has 2 heterocycles. The van der Waals surface area contributed by atoms with Gasteiger partial charge in [0.15, 0.2) is 0 Å². The average Bonchev–Trinajstić information content (AvgIpc) is 3.33. The number of amides is 1. The number of carbonyl (C=O) groups excluding carboxylic acids is 1. The van der Waals surface area contributed by atoms with Crippen molar-refractivity contribution in [1.29, 1.82) is 0 Å². The minimum atomic E-state index is -4.52. The number of halogens is 4. The quantitative estimate of drug-likeness (QED) is 0.236. The number of fused-ring (bicyclic) bond motifs is 1. The van der Waals surface area contributed by atoms with Gasteiger partial charge in [-0.05, 0) is 34.9 Å². The Morgan fingerprint density at radius 2 is 1.50 bits per heavy atom. The third-order valence-corrected chi connectivity index (χ3v) is 6.66. The fourth-order valence-electron chi connectivity index (χ4n) is 4.61. The van der Waals surface area contributed by atoms with Crippen LogP contribution < -0.4 is 5.32 Å². The van der Waals surface area contributed by atoms with Crippen molar-refractivity contribution in [2.75, 3.05) is 0 Å². The molecule has 0 aliphatic carbocycles. The first-order valence-electron chi connectivity index (χ1n) is 12.0. The molecule has 5 aromatic rings. The van der Waals surface area contributed by atoms with Crippen LogP contribution in [0.25, 0.3) is 5.65 Å². The molecule has 4 nitrogen and oxygen atoms in total. The van der Waals surface area contributed by atoms with Gasteiger partial charge in [0.05, 0.1) is 22.3 Å². The standard InChI is InChI=1S/C30H23ClF3N3O/c31-24-14-15-27-35-18-26(37(27)19-24)25(22-12-7-13-23(16-22)30(32,33)34)17-28(38)36-29(20-8-3-1-4-9-20)21-10-5-2-6-11-21/h1-16,18-19,25,29H,17H2,(H,36,38)/t25-/m1/s1. The Hall–Kier alpha value is -4.10. The molecular formula is C30H23ClF3N3O. The molecular weight excluding hydrogens is 511 g/mol. The van der Waals surface area contributed by atoms with Crippen LogP contribution in [0.15, 0.2) is 109 Å². The highest BCUT2D eigenvalue weighted by Gasteiger charge is 2.32. The van der Waals surface area contributed by atoms with Gasteiger partial charge in [-0.1, -0.05) is 90.5 Å². The third-order valence-electron chi connectivity index (χ3n) is 6.43. The monoisotopic (exact) mass is 533 g/mol. The predicted octanol–water partition coefficient (Wildman–Crippen LogP) is 7.43. The lowest BCUT2D eigenvalue weighted by Crippen LogP contribution is -2.30. The summed E-state index contributed by atoms with van der Waals surface area (Å²) in [6.45, 7) is 0. The number of benzene rings is 3. The lowest BCUT2D eigenvalue weighted by atomic mass is 9.90. The molecule has 38 heavy (non-hydrogen) atoms. The van der Waals surface area contributed by atoms with Gasteiger partial charge in [0, 0.05) is 24.7 Å². The van der Waals surface area contributed by atoms with Crippen LogP contribution >= 0.6 is 11.6 Å². The Balaban J connectivity index is 1.53. The number of pyridine rings is 1. The van der Waals surface area contributed by atoms with Crippen LogP contribution in [-0.4, -0.2) is 15.3 Å². The summed E-state index contributed by atoms with van der Waals surface area (Å²) in [6.07, 6.45) is -1.39. The van der Waals surface area contributed by atoms with Crippen LogP contribution in [0.1, 0.15) is 46.3 Å². The van der Waals surface area contributed by atoms with E-state index in [4.69, 9.17) is 11.6 Å². The highest BCUT2D eigenvalue weighted by Crippen LogP contribution is 2.35. The number of hydrogen-bond donors (Lipinski definition) is 1. The predicted molar refractivity (Wildman–Crippen MR) is 141 cm³/mol. The highest BCUT2D eigenvalue weighted by atomic mass is 35.5. The Morgan fingerprint density at radius 3 is 2.13 bits per heavy atom. The van der Waals surface area contributed by atoms with Crippen LogP contribution in [0.3, 0.4) is 0 Å². The molecule has 1 N–H and O–H groups in total. The summed E-state index contributed by atoms with van der Waals surface area (Å²) in [5, 5.41) is 3.54. The van der Waals surface area contributed by atoms with Crippen molar-refractivity contribution >= 4 is 23.2 Å². The van der Waals surface area contributed by atoms with Crippen LogP contribution in [0.4, 0.5) is 13.2 Å². The first kappa shape index (κ1) is 25.5. The Kier molecular flexibility index (Phi) is 7.20. The molecule has 1 amide bonds. The van der Waals surface area contributed by atoms with Crippen molar-refractivity contribution in [3.05, 3.63) is 142 Å². The Labute approximate surface area is 222 Å². The first-order valence-corrected chi connectivity index (χ1v) is 12.4. The lowest BCUT2D eigenvalue weighted by molar-refractivity contribution is -0.137. The maximum absolute atomic E-state index is 13.6. The van der Waals surface area contributed by atoms with Gasteiger partial charge in [-0.2, -0.15) is 13.2 Å². The zero-order valence-corrected chi connectivity index (χ0v) is 20.8. The van der Waals surface area contributed by atoms with Gasteiger partial charge in [0.25, 0.3) is 0 Å². The van der Waals surface area contributed by atoms with Gasteiger partial charge in [0.1, 0.15) is 5.65 Å². The summed E-state index contributed by atoms with van der Waals surface area (Å²) in [7, 11) is 0. The fraction of sp³-hybridized carbons (Fsp3) is 0.133. The number of hydrogen-bond acceptors (Lipinski definition) is 2. The molecule has 0 saturated carbocycles. The number of rotatable bonds is 7. The number of alkyl halides is 3. The van der Waals surface area contributed by atoms with Gasteiger partial charge in [-0.3, -0.25) is 4.79 Å². The third kappa shape index (κ3) is 5.58. The van der Waals surface area contributed by atoms with E-state index in [9.17, 15) is 18.0 Å². The molecule has 0 radical (unpaired) electrons. The van der Waals surface area contributed by atoms with Gasteiger partial charge < -0.3 is 9.72 Å². The van der Waals surface area contributed by atoms with E-state index in [1.54, 1.807) is 35.0 Å². The largest absolute Gasteiger partial charge is 0.416 e. The zero-order chi connectivity index (χ0) is 26.7. The lowest BCUT2D eigenvalue weighted by Gasteiger charge is -2.23. The second kappa shape index (κ2) is 10.7. The molecule has 3 aromatic carbocycles. The van der Waals surface area contributed by atoms with Gasteiger partial charge in [-0.15, -0.1) is 0 Å². The molecule has 0 aliphatic heterocycles. The van der Waals surface area contributed by atoms with Crippen molar-refractivity contribution in [3.8, 4) is 0 Å². The number of aromatic nitrogens is 2. The van der Waals surface area contributed by atoms with Crippen molar-refractivity contribution in [1.82, 2.24) is 14.7 Å².